The Labute approximate surface area is 181 Å². The molecule has 0 aromatic heterocycles. The van der Waals surface area contributed by atoms with Gasteiger partial charge in [0.05, 0.1) is 11.5 Å². The van der Waals surface area contributed by atoms with Crippen LogP contribution in [0.1, 0.15) is 0 Å². The van der Waals surface area contributed by atoms with E-state index in [1.165, 1.54) is 24.3 Å². The van der Waals surface area contributed by atoms with E-state index in [1.54, 1.807) is 61.7 Å². The Hall–Kier alpha value is -3.56. The molecule has 0 aliphatic heterocycles. The van der Waals surface area contributed by atoms with Crippen molar-refractivity contribution in [3.05, 3.63) is 78.9 Å². The van der Waals surface area contributed by atoms with Crippen molar-refractivity contribution in [2.24, 2.45) is 0 Å². The lowest BCUT2D eigenvalue weighted by Gasteiger charge is -2.11. The zero-order valence-corrected chi connectivity index (χ0v) is 17.7. The minimum atomic E-state index is -3.72. The third-order valence-corrected chi connectivity index (χ3v) is 5.51. The first-order valence-corrected chi connectivity index (χ1v) is 10.9. The van der Waals surface area contributed by atoms with E-state index in [2.05, 4.69) is 15.4 Å². The van der Waals surface area contributed by atoms with E-state index in [0.717, 1.165) is 0 Å². The molecule has 3 aromatic carbocycles. The van der Waals surface area contributed by atoms with Gasteiger partial charge in [-0.25, -0.2) is 13.2 Å². The Balaban J connectivity index is 1.55. The van der Waals surface area contributed by atoms with Crippen molar-refractivity contribution in [3.8, 4) is 5.75 Å². The Morgan fingerprint density at radius 2 is 1.35 bits per heavy atom. The van der Waals surface area contributed by atoms with Crippen LogP contribution in [0, 0.1) is 0 Å². The molecule has 3 rings (SSSR count). The molecular weight excluding hydrogens is 418 g/mol. The molecule has 3 aromatic rings. The molecule has 9 heteroatoms. The van der Waals surface area contributed by atoms with Gasteiger partial charge in [0.25, 0.3) is 10.0 Å². The smallest absolute Gasteiger partial charge is 0.323 e. The van der Waals surface area contributed by atoms with E-state index in [1.807, 2.05) is 0 Å². The van der Waals surface area contributed by atoms with E-state index >= 15 is 0 Å². The molecule has 162 valence electrons. The molecular formula is C22H23N3O5S. The summed E-state index contributed by atoms with van der Waals surface area (Å²) in [4.78, 5) is 12.3. The SMILES string of the molecule is COCCOc1ccc(NC(=O)Nc2ccc(S(=O)(=O)Nc3ccccc3)cc2)cc1. The third kappa shape index (κ3) is 6.73. The van der Waals surface area contributed by atoms with E-state index < -0.39 is 16.1 Å². The highest BCUT2D eigenvalue weighted by molar-refractivity contribution is 7.92. The zero-order chi connectivity index (χ0) is 22.1. The molecule has 2 amide bonds. The molecule has 0 saturated heterocycles. The number of carbonyl (C=O) groups excluding carboxylic acids is 1. The number of amides is 2. The van der Waals surface area contributed by atoms with Crippen molar-refractivity contribution in [1.29, 1.82) is 0 Å². The molecule has 0 aliphatic carbocycles. The molecule has 8 nitrogen and oxygen atoms in total. The highest BCUT2D eigenvalue weighted by atomic mass is 32.2. The number of methoxy groups -OCH3 is 1. The van der Waals surface area contributed by atoms with Crippen molar-refractivity contribution >= 4 is 33.1 Å². The number of ether oxygens (including phenoxy) is 2. The standard InChI is InChI=1S/C22H23N3O5S/c1-29-15-16-30-20-11-7-17(8-12-20)23-22(26)24-18-9-13-21(14-10-18)31(27,28)25-19-5-3-2-4-6-19/h2-14,25H,15-16H2,1H3,(H2,23,24,26). The van der Waals surface area contributed by atoms with Crippen LogP contribution in [-0.4, -0.2) is 34.8 Å². The summed E-state index contributed by atoms with van der Waals surface area (Å²) in [7, 11) is -2.12. The highest BCUT2D eigenvalue weighted by Gasteiger charge is 2.14. The lowest BCUT2D eigenvalue weighted by atomic mass is 10.3. The van der Waals surface area contributed by atoms with Crippen LogP contribution >= 0.6 is 0 Å². The first-order valence-electron chi connectivity index (χ1n) is 9.44. The van der Waals surface area contributed by atoms with Gasteiger partial charge in [0.2, 0.25) is 0 Å². The topological polar surface area (TPSA) is 106 Å². The first kappa shape index (κ1) is 22.1. The van der Waals surface area contributed by atoms with E-state index in [-0.39, 0.29) is 4.90 Å². The maximum absolute atomic E-state index is 12.5. The monoisotopic (exact) mass is 441 g/mol. The normalized spacial score (nSPS) is 10.9. The number of sulfonamides is 1. The third-order valence-electron chi connectivity index (χ3n) is 4.12. The number of anilines is 3. The lowest BCUT2D eigenvalue weighted by Crippen LogP contribution is -2.19. The number of para-hydroxylation sites is 1. The van der Waals surface area contributed by atoms with Crippen LogP contribution in [0.15, 0.2) is 83.8 Å². The van der Waals surface area contributed by atoms with Crippen LogP contribution in [0.5, 0.6) is 5.75 Å². The summed E-state index contributed by atoms with van der Waals surface area (Å²) in [5, 5.41) is 5.36. The summed E-state index contributed by atoms with van der Waals surface area (Å²) in [6.07, 6.45) is 0. The summed E-state index contributed by atoms with van der Waals surface area (Å²) in [6, 6.07) is 21.0. The Morgan fingerprint density at radius 1 is 0.774 bits per heavy atom. The van der Waals surface area contributed by atoms with Gasteiger partial charge in [-0.05, 0) is 60.7 Å². The maximum Gasteiger partial charge on any atom is 0.323 e. The minimum Gasteiger partial charge on any atom is -0.491 e. The molecule has 0 atom stereocenters. The Morgan fingerprint density at radius 3 is 1.94 bits per heavy atom. The van der Waals surface area contributed by atoms with Crippen molar-refractivity contribution in [2.75, 3.05) is 35.7 Å². The fourth-order valence-corrected chi connectivity index (χ4v) is 3.67. The fourth-order valence-electron chi connectivity index (χ4n) is 2.61. The zero-order valence-electron chi connectivity index (χ0n) is 16.9. The van der Waals surface area contributed by atoms with Crippen LogP contribution < -0.4 is 20.1 Å². The molecule has 0 aliphatic rings. The van der Waals surface area contributed by atoms with Crippen molar-refractivity contribution in [2.45, 2.75) is 4.90 Å². The van der Waals surface area contributed by atoms with Gasteiger partial charge in [0, 0.05) is 24.2 Å². The number of benzene rings is 3. The second-order valence-electron chi connectivity index (χ2n) is 6.44. The molecule has 0 fully saturated rings. The maximum atomic E-state index is 12.5. The predicted octanol–water partition coefficient (Wildman–Crippen LogP) is 4.16. The molecule has 0 unspecified atom stereocenters. The van der Waals surface area contributed by atoms with E-state index in [0.29, 0.717) is 36.0 Å². The van der Waals surface area contributed by atoms with Crippen molar-refractivity contribution < 1.29 is 22.7 Å². The summed E-state index contributed by atoms with van der Waals surface area (Å²) >= 11 is 0. The summed E-state index contributed by atoms with van der Waals surface area (Å²) in [5.41, 5.74) is 1.51. The van der Waals surface area contributed by atoms with Gasteiger partial charge < -0.3 is 20.1 Å². The minimum absolute atomic E-state index is 0.0892. The number of hydrogen-bond donors (Lipinski definition) is 3. The van der Waals surface area contributed by atoms with Gasteiger partial charge in [0.1, 0.15) is 12.4 Å². The van der Waals surface area contributed by atoms with E-state index in [9.17, 15) is 13.2 Å². The summed E-state index contributed by atoms with van der Waals surface area (Å²) in [6.45, 7) is 0.932. The van der Waals surface area contributed by atoms with Crippen molar-refractivity contribution in [1.82, 2.24) is 0 Å². The second kappa shape index (κ2) is 10.5. The number of nitrogens with one attached hydrogen (secondary N) is 3. The molecule has 0 heterocycles. The van der Waals surface area contributed by atoms with Gasteiger partial charge in [-0.15, -0.1) is 0 Å². The average Bonchev–Trinajstić information content (AvgIpc) is 2.76. The van der Waals surface area contributed by atoms with Gasteiger partial charge in [-0.1, -0.05) is 18.2 Å². The van der Waals surface area contributed by atoms with Crippen LogP contribution in [0.25, 0.3) is 0 Å². The molecule has 0 spiro atoms. The van der Waals surface area contributed by atoms with E-state index in [4.69, 9.17) is 9.47 Å². The highest BCUT2D eigenvalue weighted by Crippen LogP contribution is 2.19. The number of hydrogen-bond acceptors (Lipinski definition) is 5. The molecule has 0 radical (unpaired) electrons. The number of rotatable bonds is 9. The van der Waals surface area contributed by atoms with Gasteiger partial charge >= 0.3 is 6.03 Å². The molecule has 0 saturated carbocycles. The quantitative estimate of drug-likeness (QED) is 0.433. The van der Waals surface area contributed by atoms with Crippen LogP contribution in [0.3, 0.4) is 0 Å². The Bertz CT molecular complexity index is 1090. The van der Waals surface area contributed by atoms with Gasteiger partial charge in [-0.3, -0.25) is 4.72 Å². The predicted molar refractivity (Wildman–Crippen MR) is 120 cm³/mol. The van der Waals surface area contributed by atoms with Crippen LogP contribution in [0.4, 0.5) is 21.9 Å². The second-order valence-corrected chi connectivity index (χ2v) is 8.12. The fraction of sp³-hybridized carbons (Fsp3) is 0.136. The van der Waals surface area contributed by atoms with Crippen LogP contribution in [0.2, 0.25) is 0 Å². The summed E-state index contributed by atoms with van der Waals surface area (Å²) < 4.78 is 37.8. The average molecular weight is 442 g/mol. The van der Waals surface area contributed by atoms with Gasteiger partial charge in [-0.2, -0.15) is 0 Å². The van der Waals surface area contributed by atoms with Crippen molar-refractivity contribution in [3.63, 3.8) is 0 Å². The summed E-state index contributed by atoms with van der Waals surface area (Å²) in [5.74, 6) is 0.670. The molecule has 31 heavy (non-hydrogen) atoms. The molecule has 3 N–H and O–H groups in total. The largest absolute Gasteiger partial charge is 0.491 e. The molecule has 0 bridgehead atoms. The first-order chi connectivity index (χ1) is 15.0. The lowest BCUT2D eigenvalue weighted by molar-refractivity contribution is 0.146. The number of carbonyl (C=O) groups is 1. The Kier molecular flexibility index (Phi) is 7.47. The number of urea groups is 1. The van der Waals surface area contributed by atoms with Crippen LogP contribution in [-0.2, 0) is 14.8 Å². The van der Waals surface area contributed by atoms with Gasteiger partial charge in [0.15, 0.2) is 0 Å².